The molecule has 0 unspecified atom stereocenters. The van der Waals surface area contributed by atoms with Crippen LogP contribution in [0.5, 0.6) is 0 Å². The first-order valence-corrected chi connectivity index (χ1v) is 12.4. The number of aromatic nitrogens is 2. The third-order valence-corrected chi connectivity index (χ3v) is 6.04. The van der Waals surface area contributed by atoms with Crippen molar-refractivity contribution in [3.63, 3.8) is 0 Å². The van der Waals surface area contributed by atoms with Gasteiger partial charge in [0.2, 0.25) is 11.7 Å². The van der Waals surface area contributed by atoms with Crippen molar-refractivity contribution >= 4 is 12.0 Å². The van der Waals surface area contributed by atoms with Gasteiger partial charge in [-0.1, -0.05) is 81.3 Å². The van der Waals surface area contributed by atoms with Crippen LogP contribution in [0.3, 0.4) is 0 Å². The molecule has 186 valence electrons. The zero-order valence-corrected chi connectivity index (χ0v) is 20.0. The second-order valence-electron chi connectivity index (χ2n) is 8.74. The minimum absolute atomic E-state index is 0.00154. The molecule has 1 atom stereocenters. The fraction of sp³-hybridized carbons (Fsp3) is 0.600. The molecule has 0 radical (unpaired) electrons. The molecule has 2 aromatic rings. The van der Waals surface area contributed by atoms with E-state index in [1.165, 1.54) is 56.9 Å². The summed E-state index contributed by atoms with van der Waals surface area (Å²) < 4.78 is 10.6. The topological polar surface area (TPSA) is 118 Å². The van der Waals surface area contributed by atoms with E-state index >= 15 is 0 Å². The summed E-state index contributed by atoms with van der Waals surface area (Å²) in [7, 11) is 0. The molecule has 0 saturated carbocycles. The van der Waals surface area contributed by atoms with Gasteiger partial charge in [-0.2, -0.15) is 4.98 Å². The molecule has 1 aliphatic heterocycles. The van der Waals surface area contributed by atoms with Crippen LogP contribution in [0.1, 0.15) is 69.7 Å². The number of morpholine rings is 1. The van der Waals surface area contributed by atoms with E-state index in [9.17, 15) is 9.59 Å². The summed E-state index contributed by atoms with van der Waals surface area (Å²) in [5, 5.41) is 15.8. The Bertz CT molecular complexity index is 899. The number of aryl methyl sites for hydroxylation is 1. The highest BCUT2D eigenvalue weighted by Crippen LogP contribution is 2.18. The summed E-state index contributed by atoms with van der Waals surface area (Å²) in [6.07, 6.45) is 9.66. The standard InChI is InChI=1S/C25H36N4O5/c1-2-3-4-5-6-7-8-9-10-19-11-13-20(14-12-19)23-27-22(34-28-23)17-26-24(30)21-18-29(25(31)32)15-16-33-21/h11-14,21H,2-10,15-18H2,1H3,(H,26,30)(H,31,32)/t21-/m1/s1. The highest BCUT2D eigenvalue weighted by atomic mass is 16.5. The molecule has 1 aromatic heterocycles. The number of carboxylic acid groups (broad SMARTS) is 1. The molecule has 9 heteroatoms. The van der Waals surface area contributed by atoms with Gasteiger partial charge in [0.25, 0.3) is 5.91 Å². The van der Waals surface area contributed by atoms with Gasteiger partial charge >= 0.3 is 6.09 Å². The maximum atomic E-state index is 12.3. The molecule has 0 spiro atoms. The summed E-state index contributed by atoms with van der Waals surface area (Å²) in [6.45, 7) is 2.74. The number of carbonyl (C=O) groups excluding carboxylic acids is 1. The van der Waals surface area contributed by atoms with Crippen molar-refractivity contribution in [3.8, 4) is 11.4 Å². The van der Waals surface area contributed by atoms with Gasteiger partial charge in [0.1, 0.15) is 0 Å². The Morgan fingerprint density at radius 2 is 1.79 bits per heavy atom. The van der Waals surface area contributed by atoms with Crippen LogP contribution < -0.4 is 5.32 Å². The van der Waals surface area contributed by atoms with E-state index in [4.69, 9.17) is 14.4 Å². The van der Waals surface area contributed by atoms with Gasteiger partial charge in [0, 0.05) is 12.1 Å². The van der Waals surface area contributed by atoms with E-state index in [0.29, 0.717) is 5.82 Å². The molecule has 0 bridgehead atoms. The van der Waals surface area contributed by atoms with Crippen LogP contribution in [0.15, 0.2) is 28.8 Å². The smallest absolute Gasteiger partial charge is 0.407 e. The van der Waals surface area contributed by atoms with Gasteiger partial charge in [-0.05, 0) is 18.4 Å². The second-order valence-corrected chi connectivity index (χ2v) is 8.74. The van der Waals surface area contributed by atoms with Crippen molar-refractivity contribution in [2.24, 2.45) is 0 Å². The van der Waals surface area contributed by atoms with Crippen LogP contribution >= 0.6 is 0 Å². The number of nitrogens with one attached hydrogen (secondary N) is 1. The first-order valence-electron chi connectivity index (χ1n) is 12.4. The van der Waals surface area contributed by atoms with Crippen molar-refractivity contribution in [3.05, 3.63) is 35.7 Å². The van der Waals surface area contributed by atoms with E-state index in [1.807, 2.05) is 12.1 Å². The van der Waals surface area contributed by atoms with Gasteiger partial charge in [-0.25, -0.2) is 4.79 Å². The van der Waals surface area contributed by atoms with E-state index < -0.39 is 18.1 Å². The number of ether oxygens (including phenoxy) is 1. The first-order chi connectivity index (χ1) is 16.6. The normalized spacial score (nSPS) is 15.9. The summed E-state index contributed by atoms with van der Waals surface area (Å²) in [5.74, 6) is 0.335. The SMILES string of the molecule is CCCCCCCCCCc1ccc(-c2noc(CNC(=O)[C@H]3CN(C(=O)O)CCO3)n2)cc1. The lowest BCUT2D eigenvalue weighted by Crippen LogP contribution is -2.51. The highest BCUT2D eigenvalue weighted by molar-refractivity contribution is 5.81. The molecule has 2 amide bonds. The van der Waals surface area contributed by atoms with Crippen LogP contribution in [0.2, 0.25) is 0 Å². The summed E-state index contributed by atoms with van der Waals surface area (Å²) in [6, 6.07) is 8.18. The maximum absolute atomic E-state index is 12.3. The molecule has 2 N–H and O–H groups in total. The van der Waals surface area contributed by atoms with E-state index in [2.05, 4.69) is 34.5 Å². The van der Waals surface area contributed by atoms with E-state index in [-0.39, 0.29) is 32.1 Å². The third-order valence-electron chi connectivity index (χ3n) is 6.04. The van der Waals surface area contributed by atoms with E-state index in [0.717, 1.165) is 16.9 Å². The second kappa shape index (κ2) is 13.7. The average Bonchev–Trinajstić information content (AvgIpc) is 3.33. The van der Waals surface area contributed by atoms with Gasteiger partial charge in [0.05, 0.1) is 19.7 Å². The molecule has 1 fully saturated rings. The third kappa shape index (κ3) is 8.13. The molecule has 3 rings (SSSR count). The molecule has 9 nitrogen and oxygen atoms in total. The number of hydrogen-bond acceptors (Lipinski definition) is 6. The van der Waals surface area contributed by atoms with Crippen LogP contribution in [0, 0.1) is 0 Å². The Hall–Kier alpha value is -2.94. The van der Waals surface area contributed by atoms with Crippen molar-refractivity contribution in [2.75, 3.05) is 19.7 Å². The Morgan fingerprint density at radius 1 is 1.09 bits per heavy atom. The molecular formula is C25H36N4O5. The van der Waals surface area contributed by atoms with Crippen molar-refractivity contribution < 1.29 is 24.0 Å². The predicted octanol–water partition coefficient (Wildman–Crippen LogP) is 4.41. The Balaban J connectivity index is 1.39. The van der Waals surface area contributed by atoms with Crippen LogP contribution in [-0.4, -0.2) is 57.9 Å². The fourth-order valence-electron chi connectivity index (χ4n) is 3.99. The maximum Gasteiger partial charge on any atom is 0.407 e. The molecule has 1 saturated heterocycles. The Labute approximate surface area is 200 Å². The van der Waals surface area contributed by atoms with Crippen molar-refractivity contribution in [2.45, 2.75) is 77.4 Å². The van der Waals surface area contributed by atoms with Gasteiger partial charge < -0.3 is 24.6 Å². The monoisotopic (exact) mass is 472 g/mol. The zero-order chi connectivity index (χ0) is 24.2. The summed E-state index contributed by atoms with van der Waals surface area (Å²) in [4.78, 5) is 28.9. The number of unbranched alkanes of at least 4 members (excludes halogenated alkanes) is 7. The quantitative estimate of drug-likeness (QED) is 0.414. The highest BCUT2D eigenvalue weighted by Gasteiger charge is 2.29. The van der Waals surface area contributed by atoms with Gasteiger partial charge in [0.15, 0.2) is 6.10 Å². The lowest BCUT2D eigenvalue weighted by Gasteiger charge is -2.29. The number of rotatable bonds is 13. The van der Waals surface area contributed by atoms with Crippen molar-refractivity contribution in [1.29, 1.82) is 0 Å². The lowest BCUT2D eigenvalue weighted by molar-refractivity contribution is -0.137. The fourth-order valence-corrected chi connectivity index (χ4v) is 3.99. The van der Waals surface area contributed by atoms with Gasteiger partial charge in [-0.3, -0.25) is 4.79 Å². The zero-order valence-electron chi connectivity index (χ0n) is 20.0. The largest absolute Gasteiger partial charge is 0.465 e. The Kier molecular flexibility index (Phi) is 10.3. The molecular weight excluding hydrogens is 436 g/mol. The minimum Gasteiger partial charge on any atom is -0.465 e. The molecule has 1 aromatic carbocycles. The van der Waals surface area contributed by atoms with Crippen LogP contribution in [0.25, 0.3) is 11.4 Å². The van der Waals surface area contributed by atoms with Crippen molar-refractivity contribution in [1.82, 2.24) is 20.4 Å². The number of carbonyl (C=O) groups is 2. The molecule has 34 heavy (non-hydrogen) atoms. The number of benzene rings is 1. The average molecular weight is 473 g/mol. The summed E-state index contributed by atoms with van der Waals surface area (Å²) in [5.41, 5.74) is 2.15. The molecule has 0 aliphatic carbocycles. The van der Waals surface area contributed by atoms with Gasteiger partial charge in [-0.15, -0.1) is 0 Å². The van der Waals surface area contributed by atoms with E-state index in [1.54, 1.807) is 0 Å². The molecule has 2 heterocycles. The molecule has 1 aliphatic rings. The number of amides is 2. The number of nitrogens with zero attached hydrogens (tertiary/aromatic N) is 3. The lowest BCUT2D eigenvalue weighted by atomic mass is 10.0. The first kappa shape index (κ1) is 25.7. The number of hydrogen-bond donors (Lipinski definition) is 2. The Morgan fingerprint density at radius 3 is 2.50 bits per heavy atom. The van der Waals surface area contributed by atoms with Crippen LogP contribution in [-0.2, 0) is 22.5 Å². The minimum atomic E-state index is -1.06. The van der Waals surface area contributed by atoms with Crippen LogP contribution in [0.4, 0.5) is 4.79 Å². The predicted molar refractivity (Wildman–Crippen MR) is 127 cm³/mol. The summed E-state index contributed by atoms with van der Waals surface area (Å²) >= 11 is 0.